The standard InChI is InChI=1S/C14H23NO2/c1-11-8-10-17-14(11)13(15-2)7-3-5-12-6-4-9-16-12/h8,10,12-13,15H,3-7,9H2,1-2H3. The van der Waals surface area contributed by atoms with Crippen LogP contribution in [0.5, 0.6) is 0 Å². The number of hydrogen-bond acceptors (Lipinski definition) is 3. The molecule has 17 heavy (non-hydrogen) atoms. The molecule has 0 bridgehead atoms. The molecule has 1 aliphatic rings. The summed E-state index contributed by atoms with van der Waals surface area (Å²) < 4.78 is 11.2. The van der Waals surface area contributed by atoms with Crippen LogP contribution in [0.4, 0.5) is 0 Å². The summed E-state index contributed by atoms with van der Waals surface area (Å²) in [5.41, 5.74) is 1.24. The van der Waals surface area contributed by atoms with E-state index in [2.05, 4.69) is 12.2 Å². The lowest BCUT2D eigenvalue weighted by atomic mass is 10.0. The van der Waals surface area contributed by atoms with E-state index in [1.54, 1.807) is 6.26 Å². The van der Waals surface area contributed by atoms with Gasteiger partial charge in [-0.25, -0.2) is 0 Å². The van der Waals surface area contributed by atoms with Crippen molar-refractivity contribution in [2.45, 2.75) is 51.2 Å². The molecular formula is C14H23NO2. The van der Waals surface area contributed by atoms with Crippen molar-refractivity contribution in [3.05, 3.63) is 23.7 Å². The molecule has 1 fully saturated rings. The lowest BCUT2D eigenvalue weighted by molar-refractivity contribution is 0.101. The van der Waals surface area contributed by atoms with Gasteiger partial charge in [-0.15, -0.1) is 0 Å². The lowest BCUT2D eigenvalue weighted by Gasteiger charge is -2.16. The minimum atomic E-state index is 0.339. The Balaban J connectivity index is 1.77. The summed E-state index contributed by atoms with van der Waals surface area (Å²) in [4.78, 5) is 0. The fourth-order valence-corrected chi connectivity index (χ4v) is 2.57. The summed E-state index contributed by atoms with van der Waals surface area (Å²) in [7, 11) is 2.00. The van der Waals surface area contributed by atoms with E-state index in [0.29, 0.717) is 12.1 Å². The highest BCUT2D eigenvalue weighted by molar-refractivity contribution is 5.18. The van der Waals surface area contributed by atoms with Crippen molar-refractivity contribution >= 4 is 0 Å². The molecule has 2 heterocycles. The molecule has 96 valence electrons. The minimum absolute atomic E-state index is 0.339. The third kappa shape index (κ3) is 3.33. The maximum absolute atomic E-state index is 5.64. The molecule has 1 aromatic heterocycles. The Morgan fingerprint density at radius 2 is 2.41 bits per heavy atom. The molecule has 3 heteroatoms. The molecular weight excluding hydrogens is 214 g/mol. The topological polar surface area (TPSA) is 34.4 Å². The van der Waals surface area contributed by atoms with Gasteiger partial charge in [0.2, 0.25) is 0 Å². The van der Waals surface area contributed by atoms with Crippen LogP contribution in [0.25, 0.3) is 0 Å². The second-order valence-electron chi connectivity index (χ2n) is 4.88. The van der Waals surface area contributed by atoms with Crippen LogP contribution in [0, 0.1) is 6.92 Å². The molecule has 0 aliphatic carbocycles. The van der Waals surface area contributed by atoms with Crippen molar-refractivity contribution in [1.82, 2.24) is 5.32 Å². The number of furan rings is 1. The molecule has 2 rings (SSSR count). The molecule has 1 N–H and O–H groups in total. The Bertz CT molecular complexity index is 329. The Morgan fingerprint density at radius 1 is 1.53 bits per heavy atom. The van der Waals surface area contributed by atoms with Crippen LogP contribution in [0.15, 0.2) is 16.7 Å². The zero-order valence-corrected chi connectivity index (χ0v) is 10.9. The average molecular weight is 237 g/mol. The van der Waals surface area contributed by atoms with Crippen molar-refractivity contribution in [1.29, 1.82) is 0 Å². The van der Waals surface area contributed by atoms with Gasteiger partial charge in [0.05, 0.1) is 18.4 Å². The van der Waals surface area contributed by atoms with E-state index in [9.17, 15) is 0 Å². The summed E-state index contributed by atoms with van der Waals surface area (Å²) in [6, 6.07) is 2.37. The van der Waals surface area contributed by atoms with Crippen molar-refractivity contribution in [2.24, 2.45) is 0 Å². The summed E-state index contributed by atoms with van der Waals surface area (Å²) in [5.74, 6) is 1.08. The highest BCUT2D eigenvalue weighted by Crippen LogP contribution is 2.25. The van der Waals surface area contributed by atoms with Crippen LogP contribution < -0.4 is 5.32 Å². The first-order valence-corrected chi connectivity index (χ1v) is 6.64. The highest BCUT2D eigenvalue weighted by atomic mass is 16.5. The van der Waals surface area contributed by atoms with Gasteiger partial charge < -0.3 is 14.5 Å². The van der Waals surface area contributed by atoms with Crippen molar-refractivity contribution in [3.8, 4) is 0 Å². The maximum Gasteiger partial charge on any atom is 0.123 e. The van der Waals surface area contributed by atoms with Crippen LogP contribution in [-0.2, 0) is 4.74 Å². The first-order valence-electron chi connectivity index (χ1n) is 6.64. The van der Waals surface area contributed by atoms with Gasteiger partial charge in [0.25, 0.3) is 0 Å². The molecule has 2 atom stereocenters. The van der Waals surface area contributed by atoms with Gasteiger partial charge >= 0.3 is 0 Å². The van der Waals surface area contributed by atoms with Gasteiger partial charge in [0.1, 0.15) is 5.76 Å². The fourth-order valence-electron chi connectivity index (χ4n) is 2.57. The number of hydrogen-bond donors (Lipinski definition) is 1. The third-order valence-electron chi connectivity index (χ3n) is 3.61. The van der Waals surface area contributed by atoms with Crippen molar-refractivity contribution in [2.75, 3.05) is 13.7 Å². The summed E-state index contributed by atoms with van der Waals surface area (Å²) in [6.07, 6.45) is 8.24. The maximum atomic E-state index is 5.64. The summed E-state index contributed by atoms with van der Waals surface area (Å²) in [6.45, 7) is 3.06. The number of rotatable bonds is 6. The van der Waals surface area contributed by atoms with Crippen molar-refractivity contribution < 1.29 is 9.15 Å². The van der Waals surface area contributed by atoms with Gasteiger partial charge in [0, 0.05) is 6.61 Å². The van der Waals surface area contributed by atoms with E-state index < -0.39 is 0 Å². The van der Waals surface area contributed by atoms with Gasteiger partial charge in [-0.2, -0.15) is 0 Å². The van der Waals surface area contributed by atoms with Crippen LogP contribution in [-0.4, -0.2) is 19.8 Å². The number of aryl methyl sites for hydroxylation is 1. The summed E-state index contributed by atoms with van der Waals surface area (Å²) in [5, 5.41) is 3.34. The summed E-state index contributed by atoms with van der Waals surface area (Å²) >= 11 is 0. The number of ether oxygens (including phenoxy) is 1. The van der Waals surface area contributed by atoms with Crippen LogP contribution >= 0.6 is 0 Å². The fraction of sp³-hybridized carbons (Fsp3) is 0.714. The molecule has 0 spiro atoms. The molecule has 3 nitrogen and oxygen atoms in total. The van der Waals surface area contributed by atoms with Crippen molar-refractivity contribution in [3.63, 3.8) is 0 Å². The molecule has 0 saturated carbocycles. The predicted octanol–water partition coefficient (Wildman–Crippen LogP) is 3.20. The smallest absolute Gasteiger partial charge is 0.123 e. The lowest BCUT2D eigenvalue weighted by Crippen LogP contribution is -2.17. The van der Waals surface area contributed by atoms with E-state index >= 15 is 0 Å². The normalized spacial score (nSPS) is 21.9. The van der Waals surface area contributed by atoms with Gasteiger partial charge in [0.15, 0.2) is 0 Å². The molecule has 0 radical (unpaired) electrons. The largest absolute Gasteiger partial charge is 0.467 e. The quantitative estimate of drug-likeness (QED) is 0.825. The van der Waals surface area contributed by atoms with Gasteiger partial charge in [-0.05, 0) is 57.7 Å². The van der Waals surface area contributed by atoms with Gasteiger partial charge in [-0.3, -0.25) is 0 Å². The van der Waals surface area contributed by atoms with Crippen LogP contribution in [0.2, 0.25) is 0 Å². The third-order valence-corrected chi connectivity index (χ3v) is 3.61. The molecule has 1 aliphatic heterocycles. The second kappa shape index (κ2) is 6.22. The Kier molecular flexibility index (Phi) is 4.63. The predicted molar refractivity (Wildman–Crippen MR) is 68.1 cm³/mol. The Labute approximate surface area is 104 Å². The van der Waals surface area contributed by atoms with Crippen LogP contribution in [0.3, 0.4) is 0 Å². The Hall–Kier alpha value is -0.800. The van der Waals surface area contributed by atoms with E-state index in [0.717, 1.165) is 18.8 Å². The Morgan fingerprint density at radius 3 is 3.00 bits per heavy atom. The zero-order chi connectivity index (χ0) is 12.1. The molecule has 0 aromatic carbocycles. The zero-order valence-electron chi connectivity index (χ0n) is 10.9. The molecule has 1 aromatic rings. The first kappa shape index (κ1) is 12.7. The highest BCUT2D eigenvalue weighted by Gasteiger charge is 2.18. The second-order valence-corrected chi connectivity index (χ2v) is 4.88. The number of nitrogens with one attached hydrogen (secondary N) is 1. The molecule has 2 unspecified atom stereocenters. The van der Waals surface area contributed by atoms with Crippen LogP contribution in [0.1, 0.15) is 49.5 Å². The monoisotopic (exact) mass is 237 g/mol. The molecule has 1 saturated heterocycles. The van der Waals surface area contributed by atoms with Gasteiger partial charge in [-0.1, -0.05) is 0 Å². The molecule has 0 amide bonds. The van der Waals surface area contributed by atoms with E-state index in [1.165, 1.54) is 31.2 Å². The average Bonchev–Trinajstić information content (AvgIpc) is 2.96. The SMILES string of the molecule is CNC(CCCC1CCCO1)c1occc1C. The van der Waals surface area contributed by atoms with E-state index in [4.69, 9.17) is 9.15 Å². The van der Waals surface area contributed by atoms with E-state index in [1.807, 2.05) is 13.1 Å². The minimum Gasteiger partial charge on any atom is -0.467 e. The van der Waals surface area contributed by atoms with E-state index in [-0.39, 0.29) is 0 Å². The first-order chi connectivity index (χ1) is 8.31.